The van der Waals surface area contributed by atoms with Crippen molar-refractivity contribution >= 4 is 46.9 Å². The maximum atomic E-state index is 13.4. The van der Waals surface area contributed by atoms with Gasteiger partial charge in [-0.05, 0) is 30.2 Å². The molecular weight excluding hydrogens is 400 g/mol. The minimum Gasteiger partial charge on any atom is -0.322 e. The molecule has 3 heterocycles. The summed E-state index contributed by atoms with van der Waals surface area (Å²) in [5, 5.41) is 6.11. The number of benzene rings is 1. The van der Waals surface area contributed by atoms with Crippen LogP contribution in [0.2, 0.25) is 5.02 Å². The minimum absolute atomic E-state index is 0.163. The lowest BCUT2D eigenvalue weighted by Crippen LogP contribution is -3.05. The van der Waals surface area contributed by atoms with Crippen molar-refractivity contribution in [2.45, 2.75) is 31.8 Å². The Morgan fingerprint density at radius 3 is 2.17 bits per heavy atom. The van der Waals surface area contributed by atoms with Crippen LogP contribution in [-0.2, 0) is 19.2 Å². The van der Waals surface area contributed by atoms with E-state index in [4.69, 9.17) is 11.6 Å². The van der Waals surface area contributed by atoms with Gasteiger partial charge in [-0.15, -0.1) is 0 Å². The van der Waals surface area contributed by atoms with Gasteiger partial charge in [0, 0.05) is 11.4 Å². The van der Waals surface area contributed by atoms with Crippen molar-refractivity contribution in [1.82, 2.24) is 10.6 Å². The molecule has 0 aliphatic carbocycles. The van der Waals surface area contributed by atoms with E-state index in [0.29, 0.717) is 17.1 Å². The topological polar surface area (TPSA) is 129 Å². The van der Waals surface area contributed by atoms with E-state index in [9.17, 15) is 24.0 Å². The van der Waals surface area contributed by atoms with Gasteiger partial charge < -0.3 is 5.32 Å². The Morgan fingerprint density at radius 1 is 1.03 bits per heavy atom. The number of hydrogen-bond acceptors (Lipinski definition) is 5. The maximum absolute atomic E-state index is 13.4. The number of nitrogens with zero attached hydrogens (tertiary/aromatic N) is 1. The molecule has 1 aromatic carbocycles. The molecule has 10 heteroatoms. The fourth-order valence-electron chi connectivity index (χ4n) is 4.73. The third-order valence-corrected chi connectivity index (χ3v) is 6.07. The highest BCUT2D eigenvalue weighted by molar-refractivity contribution is 6.31. The van der Waals surface area contributed by atoms with Gasteiger partial charge in [-0.1, -0.05) is 25.4 Å². The normalized spacial score (nSPS) is 28.2. The molecule has 0 aromatic heterocycles. The zero-order chi connectivity index (χ0) is 21.1. The molecule has 4 rings (SSSR count). The second-order valence-corrected chi connectivity index (χ2v) is 8.49. The van der Waals surface area contributed by atoms with Gasteiger partial charge in [-0.3, -0.25) is 29.8 Å². The Morgan fingerprint density at radius 2 is 1.62 bits per heavy atom. The fourth-order valence-corrected chi connectivity index (χ4v) is 4.86. The minimum atomic E-state index is -1.90. The Labute approximate surface area is 171 Å². The summed E-state index contributed by atoms with van der Waals surface area (Å²) in [4.78, 5) is 64.9. The molecule has 29 heavy (non-hydrogen) atoms. The van der Waals surface area contributed by atoms with Crippen LogP contribution in [0.15, 0.2) is 24.3 Å². The number of anilines is 1. The summed E-state index contributed by atoms with van der Waals surface area (Å²) in [7, 11) is 0. The first kappa shape index (κ1) is 19.5. The number of amides is 6. The van der Waals surface area contributed by atoms with Crippen LogP contribution in [0.25, 0.3) is 0 Å². The highest BCUT2D eigenvalue weighted by Crippen LogP contribution is 2.43. The van der Waals surface area contributed by atoms with E-state index >= 15 is 0 Å². The van der Waals surface area contributed by atoms with Crippen LogP contribution < -0.4 is 20.9 Å². The van der Waals surface area contributed by atoms with Gasteiger partial charge in [0.15, 0.2) is 0 Å². The molecule has 3 aliphatic rings. The van der Waals surface area contributed by atoms with Crippen molar-refractivity contribution in [3.63, 3.8) is 0 Å². The van der Waals surface area contributed by atoms with Crippen LogP contribution >= 0.6 is 11.6 Å². The first-order chi connectivity index (χ1) is 13.7. The maximum Gasteiger partial charge on any atom is 0.328 e. The number of nitrogens with two attached hydrogens (primary N) is 1. The average Bonchev–Trinajstić information content (AvgIpc) is 3.09. The smallest absolute Gasteiger partial charge is 0.322 e. The summed E-state index contributed by atoms with van der Waals surface area (Å²) in [6, 6.07) is 4.79. The lowest BCUT2D eigenvalue weighted by molar-refractivity contribution is -0.714. The molecule has 3 saturated heterocycles. The fraction of sp³-hybridized carbons (Fsp3) is 0.421. The Kier molecular flexibility index (Phi) is 4.47. The number of rotatable bonds is 3. The molecule has 1 spiro atoms. The largest absolute Gasteiger partial charge is 0.328 e. The molecule has 0 saturated carbocycles. The number of halogens is 1. The van der Waals surface area contributed by atoms with Gasteiger partial charge in [-0.2, -0.15) is 0 Å². The van der Waals surface area contributed by atoms with Crippen molar-refractivity contribution in [2.24, 2.45) is 17.8 Å². The van der Waals surface area contributed by atoms with Crippen LogP contribution in [0.5, 0.6) is 0 Å². The molecule has 0 radical (unpaired) electrons. The predicted molar refractivity (Wildman–Crippen MR) is 101 cm³/mol. The average molecular weight is 420 g/mol. The van der Waals surface area contributed by atoms with E-state index in [1.54, 1.807) is 12.1 Å². The second-order valence-electron chi connectivity index (χ2n) is 8.06. The first-order valence-corrected chi connectivity index (χ1v) is 9.71. The SMILES string of the molecule is CC(C)C[C@@H]1[NH2+]C2(C(=O)NC(=O)NC2=O)[C@@H]2C(=O)N(c3ccc(Cl)cc3)C(=O)[C@H]12. The van der Waals surface area contributed by atoms with E-state index in [1.807, 2.05) is 13.8 Å². The predicted octanol–water partition coefficient (Wildman–Crippen LogP) is -0.458. The van der Waals surface area contributed by atoms with E-state index in [1.165, 1.54) is 17.4 Å². The molecule has 1 aromatic rings. The molecule has 9 nitrogen and oxygen atoms in total. The standard InChI is InChI=1S/C19H19ClN4O5/c1-8(2)7-11-12-13(19(23-11)16(27)21-18(29)22-17(19)28)15(26)24(14(12)25)10-5-3-9(20)4-6-10/h3-6,8,11-13,23H,7H2,1-2H3,(H2,21,22,27,28,29)/p+1/t11-,12+,13-/m0/s1. The summed E-state index contributed by atoms with van der Waals surface area (Å²) in [5.74, 6) is -4.73. The van der Waals surface area contributed by atoms with E-state index in [-0.39, 0.29) is 5.92 Å². The lowest BCUT2D eigenvalue weighted by atomic mass is 9.77. The van der Waals surface area contributed by atoms with Gasteiger partial charge in [0.1, 0.15) is 17.9 Å². The monoisotopic (exact) mass is 419 g/mol. The van der Waals surface area contributed by atoms with Crippen molar-refractivity contribution in [3.05, 3.63) is 29.3 Å². The summed E-state index contributed by atoms with van der Waals surface area (Å²) < 4.78 is 0. The van der Waals surface area contributed by atoms with Crippen molar-refractivity contribution < 1.29 is 29.3 Å². The zero-order valence-electron chi connectivity index (χ0n) is 15.8. The molecule has 0 unspecified atom stereocenters. The van der Waals surface area contributed by atoms with Crippen molar-refractivity contribution in [1.29, 1.82) is 0 Å². The molecule has 152 valence electrons. The van der Waals surface area contributed by atoms with Gasteiger partial charge in [0.25, 0.3) is 17.4 Å². The summed E-state index contributed by atoms with van der Waals surface area (Å²) >= 11 is 5.90. The van der Waals surface area contributed by atoms with Crippen LogP contribution in [0, 0.1) is 17.8 Å². The zero-order valence-corrected chi connectivity index (χ0v) is 16.5. The number of urea groups is 1. The molecule has 6 amide bonds. The molecule has 0 bridgehead atoms. The molecule has 3 atom stereocenters. The summed E-state index contributed by atoms with van der Waals surface area (Å²) in [5.41, 5.74) is -1.57. The highest BCUT2D eigenvalue weighted by atomic mass is 35.5. The highest BCUT2D eigenvalue weighted by Gasteiger charge is 2.76. The van der Waals surface area contributed by atoms with Crippen LogP contribution in [0.4, 0.5) is 10.5 Å². The number of barbiturate groups is 1. The van der Waals surface area contributed by atoms with E-state index in [0.717, 1.165) is 4.90 Å². The Balaban J connectivity index is 1.82. The Bertz CT molecular complexity index is 924. The number of carbonyl (C=O) groups excluding carboxylic acids is 5. The van der Waals surface area contributed by atoms with Gasteiger partial charge in [0.05, 0.1) is 5.69 Å². The number of fused-ring (bicyclic) bond motifs is 2. The molecule has 3 aliphatic heterocycles. The van der Waals surface area contributed by atoms with E-state index < -0.39 is 53.1 Å². The van der Waals surface area contributed by atoms with Crippen LogP contribution in [0.3, 0.4) is 0 Å². The van der Waals surface area contributed by atoms with Gasteiger partial charge >= 0.3 is 6.03 Å². The third kappa shape index (κ3) is 2.76. The molecule has 3 fully saturated rings. The van der Waals surface area contributed by atoms with Crippen LogP contribution in [-0.4, -0.2) is 41.2 Å². The number of nitrogens with one attached hydrogen (secondary N) is 2. The quantitative estimate of drug-likeness (QED) is 0.451. The lowest BCUT2D eigenvalue weighted by Gasteiger charge is -2.31. The number of quaternary nitrogens is 1. The van der Waals surface area contributed by atoms with Crippen molar-refractivity contribution in [3.8, 4) is 0 Å². The number of imide groups is 3. The van der Waals surface area contributed by atoms with Gasteiger partial charge in [0.2, 0.25) is 11.8 Å². The second kappa shape index (κ2) is 6.64. The third-order valence-electron chi connectivity index (χ3n) is 5.81. The van der Waals surface area contributed by atoms with Gasteiger partial charge in [-0.25, -0.2) is 9.69 Å². The molecule has 4 N–H and O–H groups in total. The van der Waals surface area contributed by atoms with E-state index in [2.05, 4.69) is 10.6 Å². The van der Waals surface area contributed by atoms with Crippen molar-refractivity contribution in [2.75, 3.05) is 4.90 Å². The van der Waals surface area contributed by atoms with Crippen LogP contribution in [0.1, 0.15) is 20.3 Å². The summed E-state index contributed by atoms with van der Waals surface area (Å²) in [6.45, 7) is 3.91. The number of hydrogen-bond donors (Lipinski definition) is 3. The first-order valence-electron chi connectivity index (χ1n) is 9.33. The molecular formula is C19H20ClN4O5+. The number of carbonyl (C=O) groups is 5. The summed E-state index contributed by atoms with van der Waals surface area (Å²) in [6.07, 6.45) is 0.519. The Hall–Kier alpha value is -2.78.